The first kappa shape index (κ1) is 10.9. The van der Waals surface area contributed by atoms with E-state index in [2.05, 4.69) is 22.6 Å². The van der Waals surface area contributed by atoms with Crippen molar-refractivity contribution in [2.45, 2.75) is 30.4 Å². The highest BCUT2D eigenvalue weighted by molar-refractivity contribution is 14.1. The molecule has 0 aromatic heterocycles. The molecule has 0 aromatic rings. The maximum absolute atomic E-state index is 2.60. The van der Waals surface area contributed by atoms with Crippen molar-refractivity contribution in [2.75, 3.05) is 15.9 Å². The van der Waals surface area contributed by atoms with Crippen molar-refractivity contribution in [1.29, 1.82) is 0 Å². The van der Waals surface area contributed by atoms with E-state index >= 15 is 0 Å². The van der Waals surface area contributed by atoms with Crippen molar-refractivity contribution in [3.8, 4) is 0 Å². The van der Waals surface area contributed by atoms with E-state index in [4.69, 9.17) is 0 Å². The number of hydrogen-bond donors (Lipinski definition) is 0. The van der Waals surface area contributed by atoms with Crippen LogP contribution in [-0.4, -0.2) is 20.7 Å². The largest absolute Gasteiger partial charge is 1.00 e. The highest BCUT2D eigenvalue weighted by Crippen LogP contribution is 2.44. The Morgan fingerprint density at radius 1 is 1.18 bits per heavy atom. The Bertz CT molecular complexity index is 128. The van der Waals surface area contributed by atoms with Gasteiger partial charge in [-0.15, -0.1) is 0 Å². The molecule has 0 saturated carbocycles. The molecule has 0 nitrogen and oxygen atoms in total. The molecule has 2 aliphatic heterocycles. The first-order chi connectivity index (χ1) is 4.87. The zero-order valence-corrected chi connectivity index (χ0v) is 11.7. The van der Waals surface area contributed by atoms with Gasteiger partial charge in [0.25, 0.3) is 0 Å². The van der Waals surface area contributed by atoms with E-state index < -0.39 is 0 Å². The molecule has 2 saturated heterocycles. The molecular weight excluding hydrogens is 382 g/mol. The van der Waals surface area contributed by atoms with E-state index in [1.165, 1.54) is 17.3 Å². The Morgan fingerprint density at radius 3 is 2.09 bits per heavy atom. The average molecular weight is 396 g/mol. The molecule has 0 N–H and O–H groups in total. The molecule has 0 radical (unpaired) electrons. The summed E-state index contributed by atoms with van der Waals surface area (Å²) in [5, 5.41) is 0. The quantitative estimate of drug-likeness (QED) is 0.315. The zero-order chi connectivity index (χ0) is 7.03. The fourth-order valence-electron chi connectivity index (χ4n) is 2.30. The van der Waals surface area contributed by atoms with Gasteiger partial charge >= 0.3 is 0 Å². The third-order valence-corrected chi connectivity index (χ3v) is 8.22. The molecule has 2 rings (SSSR count). The zero-order valence-electron chi connectivity index (χ0n) is 6.61. The summed E-state index contributed by atoms with van der Waals surface area (Å²) in [5.74, 6) is 3.14. The van der Waals surface area contributed by atoms with Gasteiger partial charge in [0.05, 0.1) is 4.43 Å². The molecule has 0 amide bonds. The highest BCUT2D eigenvalue weighted by atomic mass is 127. The van der Waals surface area contributed by atoms with Crippen molar-refractivity contribution in [1.82, 2.24) is 0 Å². The van der Waals surface area contributed by atoms with Gasteiger partial charge in [-0.2, -0.15) is 0 Å². The maximum atomic E-state index is 2.60. The molecular formula is C8H14I2S. The summed E-state index contributed by atoms with van der Waals surface area (Å²) in [7, 11) is 0.866. The van der Waals surface area contributed by atoms with Crippen molar-refractivity contribution in [3.05, 3.63) is 0 Å². The lowest BCUT2D eigenvalue weighted by atomic mass is 10.0. The standard InChI is InChI=1S/C8H14IS.HI/c9-7-8-3-1-5-10(8)6-2-4-8;/h1-7H2;1H/q+1;/p-1. The van der Waals surface area contributed by atoms with Crippen LogP contribution < -0.4 is 24.0 Å². The maximum Gasteiger partial charge on any atom is 0.137 e. The lowest BCUT2D eigenvalue weighted by Gasteiger charge is -2.17. The van der Waals surface area contributed by atoms with Gasteiger partial charge in [0, 0.05) is 12.8 Å². The van der Waals surface area contributed by atoms with E-state index in [1.54, 1.807) is 24.3 Å². The second-order valence-electron chi connectivity index (χ2n) is 3.42. The van der Waals surface area contributed by atoms with Crippen molar-refractivity contribution >= 4 is 33.5 Å². The summed E-state index contributed by atoms with van der Waals surface area (Å²) in [4.78, 5) is 0. The number of rotatable bonds is 1. The predicted octanol–water partition coefficient (Wildman–Crippen LogP) is -0.630. The number of alkyl halides is 1. The second kappa shape index (κ2) is 4.35. The summed E-state index contributed by atoms with van der Waals surface area (Å²) < 4.78 is 2.30. The van der Waals surface area contributed by atoms with E-state index in [0.717, 1.165) is 15.6 Å². The van der Waals surface area contributed by atoms with Crippen LogP contribution in [-0.2, 0) is 10.9 Å². The number of fused-ring (bicyclic) bond motifs is 1. The van der Waals surface area contributed by atoms with Crippen molar-refractivity contribution < 1.29 is 24.0 Å². The van der Waals surface area contributed by atoms with Crippen LogP contribution in [0, 0.1) is 0 Å². The van der Waals surface area contributed by atoms with Crippen LogP contribution in [0.4, 0.5) is 0 Å². The lowest BCUT2D eigenvalue weighted by molar-refractivity contribution is -0.00000201. The topological polar surface area (TPSA) is 0 Å². The van der Waals surface area contributed by atoms with Crippen LogP contribution in [0.25, 0.3) is 0 Å². The molecule has 0 aromatic carbocycles. The molecule has 0 aliphatic carbocycles. The SMILES string of the molecule is ICC12CCC[S+]1CCC2.[I-]. The number of hydrogen-bond acceptors (Lipinski definition) is 0. The van der Waals surface area contributed by atoms with Crippen LogP contribution in [0.5, 0.6) is 0 Å². The first-order valence-corrected chi connectivity index (χ1v) is 7.20. The summed E-state index contributed by atoms with van der Waals surface area (Å²) >= 11 is 2.60. The minimum Gasteiger partial charge on any atom is -1.00 e. The van der Waals surface area contributed by atoms with E-state index in [0.29, 0.717) is 0 Å². The molecule has 2 aliphatic rings. The Labute approximate surface area is 103 Å². The van der Waals surface area contributed by atoms with Gasteiger partial charge in [-0.1, -0.05) is 22.6 Å². The van der Waals surface area contributed by atoms with Gasteiger partial charge in [0.2, 0.25) is 0 Å². The average Bonchev–Trinajstić information content (AvgIpc) is 2.42. The molecule has 0 spiro atoms. The van der Waals surface area contributed by atoms with Crippen molar-refractivity contribution in [3.63, 3.8) is 0 Å². The van der Waals surface area contributed by atoms with Gasteiger partial charge in [0.15, 0.2) is 0 Å². The monoisotopic (exact) mass is 396 g/mol. The van der Waals surface area contributed by atoms with Gasteiger partial charge in [-0.3, -0.25) is 0 Å². The summed E-state index contributed by atoms with van der Waals surface area (Å²) in [5.41, 5.74) is 0. The van der Waals surface area contributed by atoms with E-state index in [1.807, 2.05) is 0 Å². The highest BCUT2D eigenvalue weighted by Gasteiger charge is 2.53. The smallest absolute Gasteiger partial charge is 0.137 e. The van der Waals surface area contributed by atoms with Crippen LogP contribution >= 0.6 is 22.6 Å². The Kier molecular flexibility index (Phi) is 4.31. The van der Waals surface area contributed by atoms with Gasteiger partial charge in [-0.25, -0.2) is 0 Å². The molecule has 3 heteroatoms. The summed E-state index contributed by atoms with van der Waals surface area (Å²) in [6.07, 6.45) is 6.18. The Hall–Kier alpha value is 1.81. The Balaban J connectivity index is 0.000000605. The molecule has 0 bridgehead atoms. The number of halogens is 2. The third kappa shape index (κ3) is 1.85. The van der Waals surface area contributed by atoms with Crippen LogP contribution in [0.3, 0.4) is 0 Å². The fourth-order valence-corrected chi connectivity index (χ4v) is 7.46. The molecule has 11 heavy (non-hydrogen) atoms. The molecule has 0 unspecified atom stereocenters. The summed E-state index contributed by atoms with van der Waals surface area (Å²) in [6.45, 7) is 0. The van der Waals surface area contributed by atoms with E-state index in [9.17, 15) is 0 Å². The molecule has 2 fully saturated rings. The molecule has 0 atom stereocenters. The minimum absolute atomic E-state index is 0. The van der Waals surface area contributed by atoms with Crippen LogP contribution in [0.15, 0.2) is 0 Å². The Morgan fingerprint density at radius 2 is 1.73 bits per heavy atom. The minimum atomic E-state index is 0. The third-order valence-electron chi connectivity index (χ3n) is 2.90. The fraction of sp³-hybridized carbons (Fsp3) is 1.00. The van der Waals surface area contributed by atoms with Crippen molar-refractivity contribution in [2.24, 2.45) is 0 Å². The van der Waals surface area contributed by atoms with Gasteiger partial charge < -0.3 is 24.0 Å². The predicted molar refractivity (Wildman–Crippen MR) is 57.2 cm³/mol. The molecule has 66 valence electrons. The normalized spacial score (nSPS) is 41.7. The summed E-state index contributed by atoms with van der Waals surface area (Å²) in [6, 6.07) is 0. The van der Waals surface area contributed by atoms with Crippen LogP contribution in [0.1, 0.15) is 25.7 Å². The van der Waals surface area contributed by atoms with Gasteiger partial charge in [-0.05, 0) is 23.7 Å². The van der Waals surface area contributed by atoms with E-state index in [-0.39, 0.29) is 24.0 Å². The first-order valence-electron chi connectivity index (χ1n) is 4.11. The van der Waals surface area contributed by atoms with Crippen LogP contribution in [0.2, 0.25) is 0 Å². The lowest BCUT2D eigenvalue weighted by Crippen LogP contribution is -3.00. The molecule has 2 heterocycles. The van der Waals surface area contributed by atoms with Gasteiger partial charge in [0.1, 0.15) is 16.3 Å². The second-order valence-corrected chi connectivity index (χ2v) is 6.86.